The highest BCUT2D eigenvalue weighted by atomic mass is 16.5. The highest BCUT2D eigenvalue weighted by Crippen LogP contribution is 2.21. The predicted octanol–water partition coefficient (Wildman–Crippen LogP) is 2.48. The summed E-state index contributed by atoms with van der Waals surface area (Å²) >= 11 is 0. The van der Waals surface area contributed by atoms with Crippen LogP contribution in [0.5, 0.6) is 5.75 Å². The van der Waals surface area contributed by atoms with Gasteiger partial charge in [0.1, 0.15) is 5.75 Å². The van der Waals surface area contributed by atoms with Crippen LogP contribution in [-0.2, 0) is 11.3 Å². The third-order valence-corrected chi connectivity index (χ3v) is 3.35. The van der Waals surface area contributed by atoms with Crippen LogP contribution in [0.25, 0.3) is 0 Å². The summed E-state index contributed by atoms with van der Waals surface area (Å²) in [6.07, 6.45) is 4.86. The first kappa shape index (κ1) is 12.4. The molecule has 1 aromatic carbocycles. The molecule has 0 bridgehead atoms. The molecule has 1 saturated carbocycles. The van der Waals surface area contributed by atoms with Crippen molar-refractivity contribution in [1.82, 2.24) is 0 Å². The van der Waals surface area contributed by atoms with Crippen molar-refractivity contribution < 1.29 is 9.47 Å². The zero-order valence-corrected chi connectivity index (χ0v) is 10.4. The third-order valence-electron chi connectivity index (χ3n) is 3.35. The highest BCUT2D eigenvalue weighted by molar-refractivity contribution is 5.27. The van der Waals surface area contributed by atoms with Crippen molar-refractivity contribution in [2.24, 2.45) is 5.73 Å². The minimum Gasteiger partial charge on any atom is -0.497 e. The molecule has 94 valence electrons. The standard InChI is InChI=1S/C14H21NO2/c1-16-12-6-4-5-11(9-12)10-17-14-8-3-2-7-13(14)15/h4-6,9,13-14H,2-3,7-8,10,15H2,1H3. The molecule has 1 aliphatic rings. The lowest BCUT2D eigenvalue weighted by molar-refractivity contribution is 0.00398. The monoisotopic (exact) mass is 235 g/mol. The van der Waals surface area contributed by atoms with Crippen LogP contribution in [0.15, 0.2) is 24.3 Å². The Hall–Kier alpha value is -1.06. The van der Waals surface area contributed by atoms with Crippen LogP contribution in [-0.4, -0.2) is 19.3 Å². The van der Waals surface area contributed by atoms with Gasteiger partial charge in [0.25, 0.3) is 0 Å². The lowest BCUT2D eigenvalue weighted by Crippen LogP contribution is -2.39. The highest BCUT2D eigenvalue weighted by Gasteiger charge is 2.22. The van der Waals surface area contributed by atoms with Crippen molar-refractivity contribution in [3.05, 3.63) is 29.8 Å². The predicted molar refractivity (Wildman–Crippen MR) is 68.0 cm³/mol. The van der Waals surface area contributed by atoms with Crippen LogP contribution >= 0.6 is 0 Å². The summed E-state index contributed by atoms with van der Waals surface area (Å²) in [5.74, 6) is 0.874. The van der Waals surface area contributed by atoms with Crippen molar-refractivity contribution in [3.8, 4) is 5.75 Å². The molecule has 2 atom stereocenters. The van der Waals surface area contributed by atoms with Gasteiger partial charge in [-0.05, 0) is 30.5 Å². The van der Waals surface area contributed by atoms with E-state index in [-0.39, 0.29) is 12.1 Å². The minimum absolute atomic E-state index is 0.203. The Labute approximate surface area is 103 Å². The van der Waals surface area contributed by atoms with Gasteiger partial charge < -0.3 is 15.2 Å². The summed E-state index contributed by atoms with van der Waals surface area (Å²) in [6, 6.07) is 8.19. The summed E-state index contributed by atoms with van der Waals surface area (Å²) in [7, 11) is 1.68. The van der Waals surface area contributed by atoms with Crippen LogP contribution in [0.1, 0.15) is 31.2 Å². The molecule has 0 saturated heterocycles. The Morgan fingerprint density at radius 2 is 2.12 bits per heavy atom. The number of methoxy groups -OCH3 is 1. The number of hydrogen-bond donors (Lipinski definition) is 1. The molecule has 3 heteroatoms. The van der Waals surface area contributed by atoms with Gasteiger partial charge in [-0.1, -0.05) is 25.0 Å². The molecule has 1 aromatic rings. The topological polar surface area (TPSA) is 44.5 Å². The number of ether oxygens (including phenoxy) is 2. The summed E-state index contributed by atoms with van der Waals surface area (Å²) in [4.78, 5) is 0. The van der Waals surface area contributed by atoms with Gasteiger partial charge in [-0.25, -0.2) is 0 Å². The SMILES string of the molecule is COc1cccc(COC2CCCCC2N)c1. The van der Waals surface area contributed by atoms with Crippen molar-refractivity contribution >= 4 is 0 Å². The summed E-state index contributed by atoms with van der Waals surface area (Å²) in [5, 5.41) is 0. The van der Waals surface area contributed by atoms with E-state index in [2.05, 4.69) is 6.07 Å². The Kier molecular flexibility index (Phi) is 4.40. The maximum atomic E-state index is 6.05. The van der Waals surface area contributed by atoms with E-state index >= 15 is 0 Å². The van der Waals surface area contributed by atoms with Gasteiger partial charge in [0.2, 0.25) is 0 Å². The smallest absolute Gasteiger partial charge is 0.119 e. The van der Waals surface area contributed by atoms with E-state index in [1.807, 2.05) is 18.2 Å². The minimum atomic E-state index is 0.203. The molecular formula is C14H21NO2. The normalized spacial score (nSPS) is 24.6. The van der Waals surface area contributed by atoms with Crippen LogP contribution < -0.4 is 10.5 Å². The lowest BCUT2D eigenvalue weighted by Gasteiger charge is -2.28. The van der Waals surface area contributed by atoms with Crippen molar-refractivity contribution in [2.45, 2.75) is 44.4 Å². The zero-order chi connectivity index (χ0) is 12.1. The second-order valence-electron chi connectivity index (χ2n) is 4.65. The quantitative estimate of drug-likeness (QED) is 0.872. The van der Waals surface area contributed by atoms with Gasteiger partial charge in [0.15, 0.2) is 0 Å². The van der Waals surface area contributed by atoms with Gasteiger partial charge in [0, 0.05) is 6.04 Å². The van der Waals surface area contributed by atoms with E-state index < -0.39 is 0 Å². The van der Waals surface area contributed by atoms with Crippen LogP contribution in [0.4, 0.5) is 0 Å². The average molecular weight is 235 g/mol. The molecule has 1 aliphatic carbocycles. The number of hydrogen-bond acceptors (Lipinski definition) is 3. The fourth-order valence-corrected chi connectivity index (χ4v) is 2.30. The summed E-state index contributed by atoms with van der Waals surface area (Å²) in [6.45, 7) is 0.621. The van der Waals surface area contributed by atoms with Gasteiger partial charge in [-0.2, -0.15) is 0 Å². The molecule has 0 spiro atoms. The van der Waals surface area contributed by atoms with E-state index in [4.69, 9.17) is 15.2 Å². The first-order valence-corrected chi connectivity index (χ1v) is 6.29. The Bertz CT molecular complexity index is 354. The molecular weight excluding hydrogens is 214 g/mol. The second-order valence-corrected chi connectivity index (χ2v) is 4.65. The first-order valence-electron chi connectivity index (χ1n) is 6.29. The number of benzene rings is 1. The van der Waals surface area contributed by atoms with Gasteiger partial charge >= 0.3 is 0 Å². The van der Waals surface area contributed by atoms with Crippen LogP contribution in [0.2, 0.25) is 0 Å². The Morgan fingerprint density at radius 1 is 1.29 bits per heavy atom. The number of rotatable bonds is 4. The molecule has 0 radical (unpaired) electrons. The summed E-state index contributed by atoms with van der Waals surface area (Å²) in [5.41, 5.74) is 7.19. The van der Waals surface area contributed by atoms with E-state index in [1.165, 1.54) is 12.8 Å². The van der Waals surface area contributed by atoms with Gasteiger partial charge in [0.05, 0.1) is 19.8 Å². The van der Waals surface area contributed by atoms with Crippen molar-refractivity contribution in [1.29, 1.82) is 0 Å². The summed E-state index contributed by atoms with van der Waals surface area (Å²) < 4.78 is 11.1. The van der Waals surface area contributed by atoms with E-state index in [1.54, 1.807) is 7.11 Å². The molecule has 0 amide bonds. The molecule has 3 nitrogen and oxygen atoms in total. The molecule has 0 aromatic heterocycles. The van der Waals surface area contributed by atoms with E-state index in [9.17, 15) is 0 Å². The maximum absolute atomic E-state index is 6.05. The van der Waals surface area contributed by atoms with E-state index in [0.29, 0.717) is 6.61 Å². The zero-order valence-electron chi connectivity index (χ0n) is 10.4. The van der Waals surface area contributed by atoms with Gasteiger partial charge in [-0.3, -0.25) is 0 Å². The maximum Gasteiger partial charge on any atom is 0.119 e. The van der Waals surface area contributed by atoms with Crippen LogP contribution in [0.3, 0.4) is 0 Å². The average Bonchev–Trinajstić information content (AvgIpc) is 2.38. The van der Waals surface area contributed by atoms with Crippen LogP contribution in [0, 0.1) is 0 Å². The molecule has 2 unspecified atom stereocenters. The lowest BCUT2D eigenvalue weighted by atomic mass is 9.93. The second kappa shape index (κ2) is 6.03. The fourth-order valence-electron chi connectivity index (χ4n) is 2.30. The molecule has 0 heterocycles. The first-order chi connectivity index (χ1) is 8.29. The van der Waals surface area contributed by atoms with E-state index in [0.717, 1.165) is 24.2 Å². The largest absolute Gasteiger partial charge is 0.497 e. The molecule has 2 rings (SSSR count). The fraction of sp³-hybridized carbons (Fsp3) is 0.571. The Morgan fingerprint density at radius 3 is 2.88 bits per heavy atom. The van der Waals surface area contributed by atoms with Crippen molar-refractivity contribution in [3.63, 3.8) is 0 Å². The molecule has 1 fully saturated rings. The Balaban J connectivity index is 1.88. The molecule has 2 N–H and O–H groups in total. The molecule has 17 heavy (non-hydrogen) atoms. The van der Waals surface area contributed by atoms with Gasteiger partial charge in [-0.15, -0.1) is 0 Å². The molecule has 0 aliphatic heterocycles. The third kappa shape index (κ3) is 3.45. The van der Waals surface area contributed by atoms with Crippen molar-refractivity contribution in [2.75, 3.05) is 7.11 Å². The number of nitrogens with two attached hydrogens (primary N) is 1.